The summed E-state index contributed by atoms with van der Waals surface area (Å²) in [5.41, 5.74) is 1.14. The molecule has 142 valence electrons. The standard InChI is InChI=1S/C17H27N7S2/c1-4-15-21-17(26-22-15)24-10-8-23(9-11-24)16(18-5-2)19-7-6-14-12-25-13(3)20-14/h12H,4-11H2,1-3H3,(H,18,19). The Hall–Kier alpha value is -1.74. The summed E-state index contributed by atoms with van der Waals surface area (Å²) < 4.78 is 4.40. The molecule has 0 atom stereocenters. The molecule has 1 N–H and O–H groups in total. The number of hydrogen-bond acceptors (Lipinski definition) is 7. The largest absolute Gasteiger partial charge is 0.357 e. The lowest BCUT2D eigenvalue weighted by Gasteiger charge is -2.36. The summed E-state index contributed by atoms with van der Waals surface area (Å²) in [5.74, 6) is 1.95. The number of guanidine groups is 1. The minimum Gasteiger partial charge on any atom is -0.357 e. The Labute approximate surface area is 163 Å². The molecule has 7 nitrogen and oxygen atoms in total. The number of piperazine rings is 1. The zero-order chi connectivity index (χ0) is 18.4. The van der Waals surface area contributed by atoms with E-state index in [9.17, 15) is 0 Å². The lowest BCUT2D eigenvalue weighted by atomic mass is 10.3. The maximum atomic E-state index is 4.81. The molecule has 0 aromatic carbocycles. The maximum Gasteiger partial charge on any atom is 0.205 e. The molecule has 0 saturated carbocycles. The smallest absolute Gasteiger partial charge is 0.205 e. The van der Waals surface area contributed by atoms with Gasteiger partial charge in [0.05, 0.1) is 10.7 Å². The van der Waals surface area contributed by atoms with Crippen molar-refractivity contribution in [3.8, 4) is 0 Å². The van der Waals surface area contributed by atoms with Crippen LogP contribution in [-0.4, -0.2) is 64.5 Å². The van der Waals surface area contributed by atoms with Gasteiger partial charge in [-0.15, -0.1) is 11.3 Å². The number of hydrogen-bond donors (Lipinski definition) is 1. The number of nitrogens with zero attached hydrogens (tertiary/aromatic N) is 6. The molecule has 26 heavy (non-hydrogen) atoms. The van der Waals surface area contributed by atoms with E-state index in [-0.39, 0.29) is 0 Å². The average Bonchev–Trinajstić information content (AvgIpc) is 3.30. The first kappa shape index (κ1) is 19.0. The van der Waals surface area contributed by atoms with Crippen molar-refractivity contribution in [1.29, 1.82) is 0 Å². The van der Waals surface area contributed by atoms with E-state index >= 15 is 0 Å². The van der Waals surface area contributed by atoms with Crippen LogP contribution in [0.1, 0.15) is 30.4 Å². The van der Waals surface area contributed by atoms with Crippen molar-refractivity contribution in [2.75, 3.05) is 44.2 Å². The Balaban J connectivity index is 1.54. The van der Waals surface area contributed by atoms with Gasteiger partial charge in [0.15, 0.2) is 5.96 Å². The summed E-state index contributed by atoms with van der Waals surface area (Å²) in [5, 5.41) is 7.72. The molecule has 3 rings (SSSR count). The van der Waals surface area contributed by atoms with E-state index in [1.54, 1.807) is 11.3 Å². The van der Waals surface area contributed by atoms with Gasteiger partial charge in [-0.1, -0.05) is 6.92 Å². The molecule has 0 spiro atoms. The van der Waals surface area contributed by atoms with E-state index in [4.69, 9.17) is 4.99 Å². The Morgan fingerprint density at radius 1 is 1.23 bits per heavy atom. The van der Waals surface area contributed by atoms with Gasteiger partial charge >= 0.3 is 0 Å². The highest BCUT2D eigenvalue weighted by molar-refractivity contribution is 7.09. The normalized spacial score (nSPS) is 15.6. The van der Waals surface area contributed by atoms with Crippen molar-refractivity contribution in [3.05, 3.63) is 21.9 Å². The van der Waals surface area contributed by atoms with Crippen LogP contribution in [0.15, 0.2) is 10.4 Å². The highest BCUT2D eigenvalue weighted by Gasteiger charge is 2.21. The minimum atomic E-state index is 0.766. The van der Waals surface area contributed by atoms with Gasteiger partial charge in [-0.05, 0) is 13.8 Å². The first-order valence-electron chi connectivity index (χ1n) is 9.21. The Bertz CT molecular complexity index is 716. The Morgan fingerprint density at radius 2 is 2.04 bits per heavy atom. The lowest BCUT2D eigenvalue weighted by molar-refractivity contribution is 0.372. The topological polar surface area (TPSA) is 69.5 Å². The molecular formula is C17H27N7S2. The van der Waals surface area contributed by atoms with E-state index in [1.807, 2.05) is 6.92 Å². The van der Waals surface area contributed by atoms with Crippen LogP contribution in [-0.2, 0) is 12.8 Å². The lowest BCUT2D eigenvalue weighted by Crippen LogP contribution is -2.52. The van der Waals surface area contributed by atoms with Crippen LogP contribution in [0, 0.1) is 6.92 Å². The van der Waals surface area contributed by atoms with Crippen molar-refractivity contribution in [2.45, 2.75) is 33.6 Å². The highest BCUT2D eigenvalue weighted by Crippen LogP contribution is 2.19. The van der Waals surface area contributed by atoms with E-state index < -0.39 is 0 Å². The van der Waals surface area contributed by atoms with Crippen molar-refractivity contribution in [1.82, 2.24) is 24.6 Å². The summed E-state index contributed by atoms with van der Waals surface area (Å²) in [6.45, 7) is 11.7. The van der Waals surface area contributed by atoms with E-state index in [1.165, 1.54) is 11.5 Å². The number of aliphatic imine (C=N–C) groups is 1. The molecule has 0 unspecified atom stereocenters. The van der Waals surface area contributed by atoms with Crippen LogP contribution in [0.3, 0.4) is 0 Å². The Kier molecular flexibility index (Phi) is 6.79. The van der Waals surface area contributed by atoms with Gasteiger partial charge in [0, 0.05) is 69.0 Å². The summed E-state index contributed by atoms with van der Waals surface area (Å²) in [6.07, 6.45) is 1.79. The summed E-state index contributed by atoms with van der Waals surface area (Å²) in [7, 11) is 0. The second kappa shape index (κ2) is 9.27. The van der Waals surface area contributed by atoms with E-state index in [2.05, 4.69) is 48.7 Å². The SMILES string of the molecule is CCNC(=NCCc1csc(C)n1)N1CCN(c2nc(CC)ns2)CC1. The molecule has 3 heterocycles. The number of aryl methyl sites for hydroxylation is 2. The van der Waals surface area contributed by atoms with Crippen LogP contribution in [0.5, 0.6) is 0 Å². The van der Waals surface area contributed by atoms with Crippen LogP contribution < -0.4 is 10.2 Å². The van der Waals surface area contributed by atoms with Crippen LogP contribution in [0.4, 0.5) is 5.13 Å². The zero-order valence-corrected chi connectivity index (χ0v) is 17.4. The maximum absolute atomic E-state index is 4.81. The summed E-state index contributed by atoms with van der Waals surface area (Å²) in [6, 6.07) is 0. The third kappa shape index (κ3) is 4.91. The molecule has 2 aromatic rings. The molecular weight excluding hydrogens is 366 g/mol. The van der Waals surface area contributed by atoms with Crippen molar-refractivity contribution in [2.24, 2.45) is 4.99 Å². The van der Waals surface area contributed by atoms with Gasteiger partial charge < -0.3 is 15.1 Å². The fourth-order valence-electron chi connectivity index (χ4n) is 2.85. The fraction of sp³-hybridized carbons (Fsp3) is 0.647. The van der Waals surface area contributed by atoms with Crippen molar-refractivity contribution in [3.63, 3.8) is 0 Å². The zero-order valence-electron chi connectivity index (χ0n) is 15.7. The molecule has 0 radical (unpaired) electrons. The second-order valence-corrected chi connectivity index (χ2v) is 7.96. The molecule has 9 heteroatoms. The van der Waals surface area contributed by atoms with Crippen LogP contribution in [0.2, 0.25) is 0 Å². The summed E-state index contributed by atoms with van der Waals surface area (Å²) >= 11 is 3.21. The number of rotatable bonds is 6. The molecule has 0 aliphatic carbocycles. The van der Waals surface area contributed by atoms with Crippen molar-refractivity contribution < 1.29 is 0 Å². The molecule has 1 aliphatic heterocycles. The van der Waals surface area contributed by atoms with Crippen LogP contribution in [0.25, 0.3) is 0 Å². The first-order chi connectivity index (χ1) is 12.7. The molecule has 0 amide bonds. The number of thiazole rings is 1. The number of nitrogens with one attached hydrogen (secondary N) is 1. The molecule has 1 saturated heterocycles. The van der Waals surface area contributed by atoms with Gasteiger partial charge in [-0.2, -0.15) is 4.37 Å². The Morgan fingerprint density at radius 3 is 2.65 bits per heavy atom. The highest BCUT2D eigenvalue weighted by atomic mass is 32.1. The molecule has 0 bridgehead atoms. The van der Waals surface area contributed by atoms with Gasteiger partial charge in [0.1, 0.15) is 5.82 Å². The summed E-state index contributed by atoms with van der Waals surface area (Å²) in [4.78, 5) is 18.6. The number of anilines is 1. The van der Waals surface area contributed by atoms with E-state index in [0.29, 0.717) is 0 Å². The number of aromatic nitrogens is 3. The predicted molar refractivity (Wildman–Crippen MR) is 110 cm³/mol. The molecule has 1 aliphatic rings. The monoisotopic (exact) mass is 393 g/mol. The second-order valence-electron chi connectivity index (χ2n) is 6.16. The quantitative estimate of drug-likeness (QED) is 0.599. The predicted octanol–water partition coefficient (Wildman–Crippen LogP) is 2.20. The van der Waals surface area contributed by atoms with Gasteiger partial charge in [-0.25, -0.2) is 9.97 Å². The molecule has 1 fully saturated rings. The molecule has 2 aromatic heterocycles. The minimum absolute atomic E-state index is 0.766. The van der Waals surface area contributed by atoms with E-state index in [0.717, 1.165) is 79.7 Å². The van der Waals surface area contributed by atoms with Gasteiger partial charge in [0.25, 0.3) is 0 Å². The van der Waals surface area contributed by atoms with Gasteiger partial charge in [-0.3, -0.25) is 4.99 Å². The van der Waals surface area contributed by atoms with Gasteiger partial charge in [0.2, 0.25) is 5.13 Å². The average molecular weight is 394 g/mol. The third-order valence-electron chi connectivity index (χ3n) is 4.25. The van der Waals surface area contributed by atoms with Crippen molar-refractivity contribution >= 4 is 34.0 Å². The fourth-order valence-corrected chi connectivity index (χ4v) is 4.30. The third-order valence-corrected chi connectivity index (χ3v) is 5.89. The van der Waals surface area contributed by atoms with Crippen LogP contribution >= 0.6 is 22.9 Å². The first-order valence-corrected chi connectivity index (χ1v) is 10.9.